The minimum Gasteiger partial charge on any atom is -0.385 e. The molecule has 0 aliphatic carbocycles. The molecule has 0 bridgehead atoms. The van der Waals surface area contributed by atoms with Gasteiger partial charge in [-0.05, 0) is 24.1 Å². The van der Waals surface area contributed by atoms with Crippen molar-refractivity contribution in [3.05, 3.63) is 33.8 Å². The molecule has 1 atom stereocenters. The lowest BCUT2D eigenvalue weighted by Crippen LogP contribution is -2.32. The van der Waals surface area contributed by atoms with Crippen LogP contribution in [-0.4, -0.2) is 25.5 Å². The maximum absolute atomic E-state index is 11.8. The fraction of sp³-hybridized carbons (Fsp3) is 0.417. The zero-order valence-corrected chi connectivity index (χ0v) is 11.1. The predicted octanol–water partition coefficient (Wildman–Crippen LogP) is 2.47. The number of hydrogen-bond acceptors (Lipinski definition) is 3. The number of hydrogen-bond donors (Lipinski definition) is 1. The monoisotopic (exact) mass is 275 g/mol. The number of ketones is 1. The number of benzene rings is 1. The molecule has 0 spiro atoms. The third kappa shape index (κ3) is 4.64. The maximum Gasteiger partial charge on any atom is 0.153 e. The van der Waals surface area contributed by atoms with Crippen LogP contribution in [0.5, 0.6) is 0 Å². The molecule has 0 aliphatic heterocycles. The number of nitrogens with two attached hydrogens (primary N) is 1. The fourth-order valence-electron chi connectivity index (χ4n) is 1.39. The van der Waals surface area contributed by atoms with Crippen LogP contribution in [0.15, 0.2) is 18.2 Å². The highest BCUT2D eigenvalue weighted by Gasteiger charge is 2.14. The van der Waals surface area contributed by atoms with E-state index in [-0.39, 0.29) is 12.2 Å². The predicted molar refractivity (Wildman–Crippen MR) is 69.6 cm³/mol. The first-order chi connectivity index (χ1) is 8.04. The zero-order chi connectivity index (χ0) is 12.8. The third-order valence-electron chi connectivity index (χ3n) is 2.41. The van der Waals surface area contributed by atoms with E-state index < -0.39 is 6.04 Å². The van der Waals surface area contributed by atoms with Crippen molar-refractivity contribution in [2.75, 3.05) is 13.7 Å². The van der Waals surface area contributed by atoms with Crippen LogP contribution in [-0.2, 0) is 16.0 Å². The summed E-state index contributed by atoms with van der Waals surface area (Å²) in [6.45, 7) is 0.480. The van der Waals surface area contributed by atoms with Gasteiger partial charge in [-0.2, -0.15) is 0 Å². The number of halogens is 2. The maximum atomic E-state index is 11.8. The second-order valence-corrected chi connectivity index (χ2v) is 4.59. The normalized spacial score (nSPS) is 12.5. The van der Waals surface area contributed by atoms with Crippen molar-refractivity contribution in [3.8, 4) is 0 Å². The highest BCUT2D eigenvalue weighted by atomic mass is 35.5. The lowest BCUT2D eigenvalue weighted by molar-refractivity contribution is -0.120. The molecule has 0 heterocycles. The van der Waals surface area contributed by atoms with Crippen LogP contribution in [0.2, 0.25) is 10.0 Å². The van der Waals surface area contributed by atoms with Crippen molar-refractivity contribution in [2.45, 2.75) is 18.9 Å². The Kier molecular flexibility index (Phi) is 5.92. The molecule has 0 fully saturated rings. The number of rotatable bonds is 6. The Morgan fingerprint density at radius 1 is 1.41 bits per heavy atom. The molecule has 0 amide bonds. The Bertz CT molecular complexity index is 396. The van der Waals surface area contributed by atoms with Crippen molar-refractivity contribution >= 4 is 29.0 Å². The number of ether oxygens (including phenoxy) is 1. The Balaban J connectivity index is 2.58. The van der Waals surface area contributed by atoms with E-state index in [4.69, 9.17) is 33.7 Å². The molecular weight excluding hydrogens is 261 g/mol. The molecule has 94 valence electrons. The summed E-state index contributed by atoms with van der Waals surface area (Å²) in [5.41, 5.74) is 6.55. The van der Waals surface area contributed by atoms with Gasteiger partial charge in [-0.1, -0.05) is 29.3 Å². The van der Waals surface area contributed by atoms with E-state index >= 15 is 0 Å². The minimum atomic E-state index is -0.496. The van der Waals surface area contributed by atoms with Gasteiger partial charge < -0.3 is 10.5 Å². The molecule has 0 aromatic heterocycles. The van der Waals surface area contributed by atoms with E-state index in [1.54, 1.807) is 25.3 Å². The highest BCUT2D eigenvalue weighted by molar-refractivity contribution is 6.42. The molecule has 0 saturated heterocycles. The van der Waals surface area contributed by atoms with Gasteiger partial charge >= 0.3 is 0 Å². The van der Waals surface area contributed by atoms with Crippen LogP contribution in [0.25, 0.3) is 0 Å². The van der Waals surface area contributed by atoms with E-state index in [0.29, 0.717) is 23.1 Å². The summed E-state index contributed by atoms with van der Waals surface area (Å²) in [7, 11) is 1.58. The van der Waals surface area contributed by atoms with Gasteiger partial charge in [0.15, 0.2) is 5.78 Å². The Labute approximate surface area is 111 Å². The number of carbonyl (C=O) groups excluding carboxylic acids is 1. The van der Waals surface area contributed by atoms with Gasteiger partial charge in [0.05, 0.1) is 16.1 Å². The van der Waals surface area contributed by atoms with E-state index in [9.17, 15) is 4.79 Å². The Morgan fingerprint density at radius 3 is 2.71 bits per heavy atom. The van der Waals surface area contributed by atoms with E-state index in [0.717, 1.165) is 5.56 Å². The number of carbonyl (C=O) groups is 1. The quantitative estimate of drug-likeness (QED) is 0.868. The van der Waals surface area contributed by atoms with E-state index in [1.165, 1.54) is 0 Å². The molecule has 1 aromatic rings. The SMILES string of the molecule is COCCC(N)C(=O)Cc1ccc(Cl)c(Cl)c1. The Morgan fingerprint density at radius 2 is 2.12 bits per heavy atom. The van der Waals surface area contributed by atoms with Gasteiger partial charge in [0, 0.05) is 20.1 Å². The van der Waals surface area contributed by atoms with Gasteiger partial charge in [0.2, 0.25) is 0 Å². The van der Waals surface area contributed by atoms with E-state index in [1.807, 2.05) is 0 Å². The first-order valence-corrected chi connectivity index (χ1v) is 6.01. The average molecular weight is 276 g/mol. The second-order valence-electron chi connectivity index (χ2n) is 3.78. The van der Waals surface area contributed by atoms with Gasteiger partial charge in [-0.15, -0.1) is 0 Å². The molecule has 1 unspecified atom stereocenters. The molecule has 1 aromatic carbocycles. The first kappa shape index (κ1) is 14.5. The van der Waals surface area contributed by atoms with E-state index in [2.05, 4.69) is 0 Å². The molecule has 1 rings (SSSR count). The van der Waals surface area contributed by atoms with Crippen molar-refractivity contribution in [1.29, 1.82) is 0 Å². The van der Waals surface area contributed by atoms with Crippen LogP contribution in [0.3, 0.4) is 0 Å². The number of methoxy groups -OCH3 is 1. The summed E-state index contributed by atoms with van der Waals surface area (Å²) < 4.78 is 4.88. The largest absolute Gasteiger partial charge is 0.385 e. The fourth-order valence-corrected chi connectivity index (χ4v) is 1.71. The van der Waals surface area contributed by atoms with Crippen molar-refractivity contribution < 1.29 is 9.53 Å². The standard InChI is InChI=1S/C12H15Cl2NO2/c1-17-5-4-11(15)12(16)7-8-2-3-9(13)10(14)6-8/h2-3,6,11H,4-5,7,15H2,1H3. The smallest absolute Gasteiger partial charge is 0.153 e. The summed E-state index contributed by atoms with van der Waals surface area (Å²) in [4.78, 5) is 11.8. The second kappa shape index (κ2) is 6.97. The van der Waals surface area contributed by atoms with Gasteiger partial charge in [0.1, 0.15) is 0 Å². The van der Waals surface area contributed by atoms with Crippen LogP contribution in [0.4, 0.5) is 0 Å². The zero-order valence-electron chi connectivity index (χ0n) is 9.58. The van der Waals surface area contributed by atoms with Crippen molar-refractivity contribution in [2.24, 2.45) is 5.73 Å². The minimum absolute atomic E-state index is 0.0274. The number of Topliss-reactive ketones (excluding diaryl/α,β-unsaturated/α-hetero) is 1. The Hall–Kier alpha value is -0.610. The molecule has 17 heavy (non-hydrogen) atoms. The summed E-state index contributed by atoms with van der Waals surface area (Å²) in [6.07, 6.45) is 0.790. The van der Waals surface area contributed by atoms with Crippen LogP contribution >= 0.6 is 23.2 Å². The summed E-state index contributed by atoms with van der Waals surface area (Å²) in [5, 5.41) is 0.925. The molecule has 3 nitrogen and oxygen atoms in total. The summed E-state index contributed by atoms with van der Waals surface area (Å²) in [6, 6.07) is 4.64. The lowest BCUT2D eigenvalue weighted by atomic mass is 10.0. The average Bonchev–Trinajstić information content (AvgIpc) is 2.30. The highest BCUT2D eigenvalue weighted by Crippen LogP contribution is 2.22. The molecule has 0 aliphatic rings. The molecule has 2 N–H and O–H groups in total. The molecular formula is C12H15Cl2NO2. The van der Waals surface area contributed by atoms with Crippen LogP contribution < -0.4 is 5.73 Å². The third-order valence-corrected chi connectivity index (χ3v) is 3.15. The summed E-state index contributed by atoms with van der Waals surface area (Å²) >= 11 is 11.7. The molecule has 0 radical (unpaired) electrons. The van der Waals surface area contributed by atoms with Crippen LogP contribution in [0.1, 0.15) is 12.0 Å². The molecule has 0 saturated carbocycles. The van der Waals surface area contributed by atoms with Gasteiger partial charge in [0.25, 0.3) is 0 Å². The van der Waals surface area contributed by atoms with Crippen LogP contribution in [0, 0.1) is 0 Å². The van der Waals surface area contributed by atoms with Crippen molar-refractivity contribution in [1.82, 2.24) is 0 Å². The molecule has 5 heteroatoms. The van der Waals surface area contributed by atoms with Gasteiger partial charge in [-0.3, -0.25) is 4.79 Å². The lowest BCUT2D eigenvalue weighted by Gasteiger charge is -2.10. The van der Waals surface area contributed by atoms with Gasteiger partial charge in [-0.25, -0.2) is 0 Å². The topological polar surface area (TPSA) is 52.3 Å². The van der Waals surface area contributed by atoms with Crippen molar-refractivity contribution in [3.63, 3.8) is 0 Å². The summed E-state index contributed by atoms with van der Waals surface area (Å²) in [5.74, 6) is -0.0274. The first-order valence-electron chi connectivity index (χ1n) is 5.25.